The summed E-state index contributed by atoms with van der Waals surface area (Å²) >= 11 is 0. The Morgan fingerprint density at radius 2 is 1.72 bits per heavy atom. The maximum absolute atomic E-state index is 12.5. The van der Waals surface area contributed by atoms with Crippen LogP contribution in [-0.4, -0.2) is 54.2 Å². The van der Waals surface area contributed by atoms with Crippen molar-refractivity contribution in [3.63, 3.8) is 0 Å². The fourth-order valence-corrected chi connectivity index (χ4v) is 3.80. The van der Waals surface area contributed by atoms with Crippen LogP contribution in [0.5, 0.6) is 6.01 Å². The molecule has 0 atom stereocenters. The predicted octanol–water partition coefficient (Wildman–Crippen LogP) is 1.48. The van der Waals surface area contributed by atoms with E-state index in [0.29, 0.717) is 24.5 Å². The molecular formula is C21H26N4O4. The van der Waals surface area contributed by atoms with Gasteiger partial charge in [-0.2, -0.15) is 4.98 Å². The van der Waals surface area contributed by atoms with Gasteiger partial charge in [0.2, 0.25) is 5.91 Å². The minimum Gasteiger partial charge on any atom is -0.462 e. The monoisotopic (exact) mass is 398 g/mol. The van der Waals surface area contributed by atoms with E-state index in [0.717, 1.165) is 25.2 Å². The molecule has 154 valence electrons. The highest BCUT2D eigenvalue weighted by molar-refractivity contribution is 5.99. The highest BCUT2D eigenvalue weighted by Gasteiger charge is 2.32. The Hall–Kier alpha value is -2.71. The highest BCUT2D eigenvalue weighted by Crippen LogP contribution is 2.27. The van der Waals surface area contributed by atoms with Gasteiger partial charge < -0.3 is 9.47 Å². The minimum absolute atomic E-state index is 0.0586. The molecule has 0 unspecified atom stereocenters. The van der Waals surface area contributed by atoms with Crippen LogP contribution >= 0.6 is 0 Å². The number of H-pyrrole nitrogens is 1. The molecule has 0 saturated carbocycles. The van der Waals surface area contributed by atoms with Crippen molar-refractivity contribution in [2.24, 2.45) is 0 Å². The van der Waals surface area contributed by atoms with E-state index in [1.54, 1.807) is 12.0 Å². The molecule has 8 nitrogen and oxygen atoms in total. The van der Waals surface area contributed by atoms with E-state index in [4.69, 9.17) is 9.47 Å². The summed E-state index contributed by atoms with van der Waals surface area (Å²) in [6.45, 7) is 4.32. The summed E-state index contributed by atoms with van der Waals surface area (Å²) in [4.78, 5) is 35.8. The maximum atomic E-state index is 12.5. The zero-order valence-electron chi connectivity index (χ0n) is 16.6. The first kappa shape index (κ1) is 19.6. The van der Waals surface area contributed by atoms with Crippen molar-refractivity contribution in [1.82, 2.24) is 14.9 Å². The Morgan fingerprint density at radius 1 is 1.03 bits per heavy atom. The molecule has 1 aromatic carbocycles. The van der Waals surface area contributed by atoms with Crippen molar-refractivity contribution >= 4 is 11.7 Å². The Bertz CT molecular complexity index is 919. The van der Waals surface area contributed by atoms with E-state index in [2.05, 4.69) is 27.0 Å². The molecule has 0 bridgehead atoms. The molecule has 2 aliphatic heterocycles. The fraction of sp³-hybridized carbons (Fsp3) is 0.476. The number of rotatable bonds is 8. The zero-order valence-corrected chi connectivity index (χ0v) is 16.6. The summed E-state index contributed by atoms with van der Waals surface area (Å²) in [5, 5.41) is 0. The van der Waals surface area contributed by atoms with Crippen LogP contribution in [0.2, 0.25) is 0 Å². The lowest BCUT2D eigenvalue weighted by atomic mass is 10.1. The number of aromatic amines is 1. The van der Waals surface area contributed by atoms with Crippen molar-refractivity contribution in [3.05, 3.63) is 51.3 Å². The second-order valence-electron chi connectivity index (χ2n) is 7.47. The summed E-state index contributed by atoms with van der Waals surface area (Å²) in [6, 6.07) is 8.41. The van der Waals surface area contributed by atoms with Crippen molar-refractivity contribution in [2.45, 2.75) is 32.4 Å². The topological polar surface area (TPSA) is 87.8 Å². The molecule has 8 heteroatoms. The molecule has 0 aliphatic carbocycles. The molecule has 0 radical (unpaired) electrons. The van der Waals surface area contributed by atoms with E-state index in [9.17, 15) is 9.59 Å². The second-order valence-corrected chi connectivity index (χ2v) is 7.47. The largest absolute Gasteiger partial charge is 0.462 e. The van der Waals surface area contributed by atoms with Gasteiger partial charge in [-0.25, -0.2) is 0 Å². The molecule has 4 rings (SSSR count). The number of nitrogens with one attached hydrogen (secondary N) is 1. The lowest BCUT2D eigenvalue weighted by molar-refractivity contribution is -0.117. The average molecular weight is 398 g/mol. The quantitative estimate of drug-likeness (QED) is 0.678. The molecule has 2 aromatic rings. The number of benzene rings is 1. The SMILES string of the molecule is COCCOc1nc2c(c(=O)[nH]1)CC(=O)N2Cc1ccc(CN2CCCC2)cc1. The number of nitrogens with zero attached hydrogens (tertiary/aromatic N) is 3. The molecule has 1 N–H and O–H groups in total. The van der Waals surface area contributed by atoms with Gasteiger partial charge in [-0.1, -0.05) is 24.3 Å². The molecular weight excluding hydrogens is 372 g/mol. The van der Waals surface area contributed by atoms with E-state index in [1.807, 2.05) is 12.1 Å². The van der Waals surface area contributed by atoms with Crippen LogP contribution in [0.15, 0.2) is 29.1 Å². The number of fused-ring (bicyclic) bond motifs is 1. The normalized spacial score (nSPS) is 16.4. The van der Waals surface area contributed by atoms with Crippen LogP contribution in [0.1, 0.15) is 29.5 Å². The molecule has 1 fully saturated rings. The molecule has 2 aliphatic rings. The summed E-state index contributed by atoms with van der Waals surface area (Å²) in [5.74, 6) is 0.250. The van der Waals surface area contributed by atoms with Crippen LogP contribution in [0.3, 0.4) is 0 Å². The van der Waals surface area contributed by atoms with Crippen LogP contribution in [0.25, 0.3) is 0 Å². The standard InChI is InChI=1S/C21H26N4O4/c1-28-10-11-29-21-22-19-17(20(27)23-21)12-18(26)25(19)14-16-6-4-15(5-7-16)13-24-8-2-3-9-24/h4-7H,2-3,8-14H2,1H3,(H,22,23,27). The van der Waals surface area contributed by atoms with Crippen molar-refractivity contribution < 1.29 is 14.3 Å². The van der Waals surface area contributed by atoms with E-state index < -0.39 is 0 Å². The van der Waals surface area contributed by atoms with Crippen LogP contribution in [-0.2, 0) is 29.0 Å². The lowest BCUT2D eigenvalue weighted by Crippen LogP contribution is -2.27. The molecule has 0 spiro atoms. The Labute approximate surface area is 169 Å². The van der Waals surface area contributed by atoms with Crippen LogP contribution in [0, 0.1) is 0 Å². The van der Waals surface area contributed by atoms with Crippen molar-refractivity contribution in [1.29, 1.82) is 0 Å². The number of amides is 1. The number of aromatic nitrogens is 2. The number of carbonyl (C=O) groups excluding carboxylic acids is 1. The van der Waals surface area contributed by atoms with E-state index in [1.165, 1.54) is 18.4 Å². The van der Waals surface area contributed by atoms with Gasteiger partial charge in [0.15, 0.2) is 0 Å². The number of methoxy groups -OCH3 is 1. The molecule has 1 saturated heterocycles. The summed E-state index contributed by atoms with van der Waals surface area (Å²) in [7, 11) is 1.57. The molecule has 1 aromatic heterocycles. The Kier molecular flexibility index (Phi) is 5.92. The number of carbonyl (C=O) groups is 1. The van der Waals surface area contributed by atoms with Crippen LogP contribution in [0.4, 0.5) is 5.82 Å². The minimum atomic E-state index is -0.334. The third kappa shape index (κ3) is 4.49. The van der Waals surface area contributed by atoms with Crippen molar-refractivity contribution in [3.8, 4) is 6.01 Å². The summed E-state index contributed by atoms with van der Waals surface area (Å²) < 4.78 is 10.4. The summed E-state index contributed by atoms with van der Waals surface area (Å²) in [5.41, 5.74) is 2.33. The third-order valence-electron chi connectivity index (χ3n) is 5.35. The second kappa shape index (κ2) is 8.75. The smallest absolute Gasteiger partial charge is 0.298 e. The first-order valence-corrected chi connectivity index (χ1v) is 9.99. The van der Waals surface area contributed by atoms with E-state index >= 15 is 0 Å². The number of hydrogen-bond donors (Lipinski definition) is 1. The average Bonchev–Trinajstić information content (AvgIpc) is 3.33. The molecule has 29 heavy (non-hydrogen) atoms. The third-order valence-corrected chi connectivity index (χ3v) is 5.35. The predicted molar refractivity (Wildman–Crippen MR) is 108 cm³/mol. The zero-order chi connectivity index (χ0) is 20.2. The van der Waals surface area contributed by atoms with Gasteiger partial charge in [0, 0.05) is 13.7 Å². The Morgan fingerprint density at radius 3 is 2.41 bits per heavy atom. The van der Waals surface area contributed by atoms with Crippen LogP contribution < -0.4 is 15.2 Å². The number of hydrogen-bond acceptors (Lipinski definition) is 6. The van der Waals surface area contributed by atoms with Gasteiger partial charge in [-0.15, -0.1) is 0 Å². The summed E-state index contributed by atoms with van der Waals surface area (Å²) in [6.07, 6.45) is 2.61. The Balaban J connectivity index is 1.48. The maximum Gasteiger partial charge on any atom is 0.298 e. The van der Waals surface area contributed by atoms with Gasteiger partial charge in [0.25, 0.3) is 11.6 Å². The number of likely N-dealkylation sites (tertiary alicyclic amines) is 1. The van der Waals surface area contributed by atoms with Gasteiger partial charge in [0.1, 0.15) is 12.4 Å². The van der Waals surface area contributed by atoms with Gasteiger partial charge in [-0.05, 0) is 37.1 Å². The van der Waals surface area contributed by atoms with Gasteiger partial charge in [0.05, 0.1) is 25.1 Å². The van der Waals surface area contributed by atoms with Gasteiger partial charge in [-0.3, -0.25) is 24.4 Å². The van der Waals surface area contributed by atoms with E-state index in [-0.39, 0.29) is 30.5 Å². The molecule has 3 heterocycles. The van der Waals surface area contributed by atoms with Gasteiger partial charge >= 0.3 is 0 Å². The first-order chi connectivity index (χ1) is 14.1. The number of anilines is 1. The first-order valence-electron chi connectivity index (χ1n) is 9.99. The highest BCUT2D eigenvalue weighted by atomic mass is 16.5. The number of ether oxygens (including phenoxy) is 2. The molecule has 1 amide bonds. The van der Waals surface area contributed by atoms with Crippen molar-refractivity contribution in [2.75, 3.05) is 38.3 Å². The fourth-order valence-electron chi connectivity index (χ4n) is 3.80. The lowest BCUT2D eigenvalue weighted by Gasteiger charge is -2.18.